The van der Waals surface area contributed by atoms with Gasteiger partial charge in [0.25, 0.3) is 11.8 Å². The number of aromatic nitrogens is 5. The van der Waals surface area contributed by atoms with Gasteiger partial charge in [0.2, 0.25) is 0 Å². The summed E-state index contributed by atoms with van der Waals surface area (Å²) in [5.74, 6) is 0.923. The largest absolute Gasteiger partial charge is 0.344 e. The molecule has 0 saturated carbocycles. The highest BCUT2D eigenvalue weighted by molar-refractivity contribution is 5.92. The number of hydrogen-bond donors (Lipinski definition) is 1. The molecule has 3 aromatic heterocycles. The number of imidazole rings is 1. The van der Waals surface area contributed by atoms with Gasteiger partial charge in [0, 0.05) is 24.4 Å². The maximum absolute atomic E-state index is 13.1. The average molecular weight is 406 g/mol. The summed E-state index contributed by atoms with van der Waals surface area (Å²) in [6.07, 6.45) is 5.40. The van der Waals surface area contributed by atoms with Crippen LogP contribution in [0, 0.1) is 5.82 Å². The highest BCUT2D eigenvalue weighted by Gasteiger charge is 2.15. The summed E-state index contributed by atoms with van der Waals surface area (Å²) in [5.41, 5.74) is 1.75. The van der Waals surface area contributed by atoms with E-state index in [0.29, 0.717) is 24.0 Å². The van der Waals surface area contributed by atoms with Crippen molar-refractivity contribution in [3.8, 4) is 17.3 Å². The van der Waals surface area contributed by atoms with Crippen LogP contribution in [0.15, 0.2) is 59.6 Å². The number of rotatable bonds is 6. The molecule has 0 radical (unpaired) electrons. The van der Waals surface area contributed by atoms with Crippen LogP contribution in [0.25, 0.3) is 17.3 Å². The Morgan fingerprint density at radius 3 is 2.77 bits per heavy atom. The Hall–Kier alpha value is -3.88. The zero-order chi connectivity index (χ0) is 21.1. The van der Waals surface area contributed by atoms with Crippen molar-refractivity contribution < 1.29 is 13.7 Å². The van der Waals surface area contributed by atoms with Gasteiger partial charge in [-0.2, -0.15) is 4.98 Å². The van der Waals surface area contributed by atoms with E-state index in [1.807, 2.05) is 13.8 Å². The lowest BCUT2D eigenvalue weighted by atomic mass is 10.1. The molecule has 0 fully saturated rings. The number of carbonyl (C=O) groups excluding carboxylic acids is 1. The second-order valence-corrected chi connectivity index (χ2v) is 6.68. The second kappa shape index (κ2) is 8.24. The average Bonchev–Trinajstić information content (AvgIpc) is 3.44. The number of amides is 1. The highest BCUT2D eigenvalue weighted by Crippen LogP contribution is 2.19. The Labute approximate surface area is 171 Å². The maximum Gasteiger partial charge on any atom is 0.271 e. The molecule has 1 aromatic carbocycles. The Kier molecular flexibility index (Phi) is 5.34. The lowest BCUT2D eigenvalue weighted by Crippen LogP contribution is -2.26. The zero-order valence-corrected chi connectivity index (χ0v) is 16.4. The third-order valence-electron chi connectivity index (χ3n) is 4.57. The van der Waals surface area contributed by atoms with Crippen molar-refractivity contribution in [3.05, 3.63) is 78.0 Å². The van der Waals surface area contributed by atoms with Crippen LogP contribution in [-0.2, 0) is 6.42 Å². The SMILES string of the molecule is CCc1noc(-c2ccnc(-n3cnc(C(=O)NC(C)c4ccc(F)cc4)c3)c2)n1. The van der Waals surface area contributed by atoms with Gasteiger partial charge in [-0.05, 0) is 36.8 Å². The molecular formula is C21H19FN6O2. The molecule has 4 aromatic rings. The predicted octanol–water partition coefficient (Wildman–Crippen LogP) is 3.51. The Morgan fingerprint density at radius 1 is 1.23 bits per heavy atom. The van der Waals surface area contributed by atoms with Crippen molar-refractivity contribution in [2.24, 2.45) is 0 Å². The fourth-order valence-corrected chi connectivity index (χ4v) is 2.88. The molecule has 0 spiro atoms. The molecule has 8 nitrogen and oxygen atoms in total. The van der Waals surface area contributed by atoms with E-state index in [2.05, 4.69) is 25.4 Å². The normalized spacial score (nSPS) is 12.0. The lowest BCUT2D eigenvalue weighted by Gasteiger charge is -2.13. The molecule has 1 amide bonds. The smallest absolute Gasteiger partial charge is 0.271 e. The number of carbonyl (C=O) groups is 1. The molecule has 9 heteroatoms. The number of nitrogens with one attached hydrogen (secondary N) is 1. The summed E-state index contributed by atoms with van der Waals surface area (Å²) in [7, 11) is 0. The second-order valence-electron chi connectivity index (χ2n) is 6.68. The summed E-state index contributed by atoms with van der Waals surface area (Å²) >= 11 is 0. The summed E-state index contributed by atoms with van der Waals surface area (Å²) in [4.78, 5) is 25.4. The van der Waals surface area contributed by atoms with Crippen LogP contribution in [0.4, 0.5) is 4.39 Å². The number of nitrogens with zero attached hydrogens (tertiary/aromatic N) is 5. The fraction of sp³-hybridized carbons (Fsp3) is 0.190. The minimum absolute atomic E-state index is 0.238. The quantitative estimate of drug-likeness (QED) is 0.526. The molecule has 152 valence electrons. The summed E-state index contributed by atoms with van der Waals surface area (Å²) < 4.78 is 20.0. The number of halogens is 1. The van der Waals surface area contributed by atoms with Crippen molar-refractivity contribution in [1.29, 1.82) is 0 Å². The van der Waals surface area contributed by atoms with Crippen molar-refractivity contribution in [3.63, 3.8) is 0 Å². The highest BCUT2D eigenvalue weighted by atomic mass is 19.1. The van der Waals surface area contributed by atoms with Crippen LogP contribution < -0.4 is 5.32 Å². The van der Waals surface area contributed by atoms with Crippen molar-refractivity contribution in [2.45, 2.75) is 26.3 Å². The number of pyridine rings is 1. The summed E-state index contributed by atoms with van der Waals surface area (Å²) in [6.45, 7) is 3.77. The zero-order valence-electron chi connectivity index (χ0n) is 16.4. The van der Waals surface area contributed by atoms with Crippen molar-refractivity contribution in [1.82, 2.24) is 30.0 Å². The van der Waals surface area contributed by atoms with Crippen LogP contribution in [-0.4, -0.2) is 30.6 Å². The minimum Gasteiger partial charge on any atom is -0.344 e. The van der Waals surface area contributed by atoms with Gasteiger partial charge in [0.1, 0.15) is 23.7 Å². The molecule has 0 saturated heterocycles. The van der Waals surface area contributed by atoms with Gasteiger partial charge in [-0.1, -0.05) is 24.2 Å². The van der Waals surface area contributed by atoms with E-state index in [9.17, 15) is 9.18 Å². The Morgan fingerprint density at radius 2 is 2.03 bits per heavy atom. The van der Waals surface area contributed by atoms with Gasteiger partial charge < -0.3 is 9.84 Å². The van der Waals surface area contributed by atoms with Crippen molar-refractivity contribution in [2.75, 3.05) is 0 Å². The van der Waals surface area contributed by atoms with Crippen LogP contribution in [0.2, 0.25) is 0 Å². The van der Waals surface area contributed by atoms with Crippen LogP contribution in [0.3, 0.4) is 0 Å². The third kappa shape index (κ3) is 4.09. The third-order valence-corrected chi connectivity index (χ3v) is 4.57. The van der Waals surface area contributed by atoms with Gasteiger partial charge in [-0.3, -0.25) is 9.36 Å². The van der Waals surface area contributed by atoms with E-state index in [0.717, 1.165) is 11.1 Å². The monoisotopic (exact) mass is 406 g/mol. The molecule has 4 rings (SSSR count). The topological polar surface area (TPSA) is 98.7 Å². The lowest BCUT2D eigenvalue weighted by molar-refractivity contribution is 0.0935. The van der Waals surface area contributed by atoms with Gasteiger partial charge in [0.15, 0.2) is 5.82 Å². The number of aryl methyl sites for hydroxylation is 1. The van der Waals surface area contributed by atoms with E-state index < -0.39 is 0 Å². The molecule has 3 heterocycles. The van der Waals surface area contributed by atoms with Crippen LogP contribution in [0.1, 0.15) is 41.8 Å². The van der Waals surface area contributed by atoms with Gasteiger partial charge >= 0.3 is 0 Å². The van der Waals surface area contributed by atoms with Crippen molar-refractivity contribution >= 4 is 5.91 Å². The molecule has 1 unspecified atom stereocenters. The minimum atomic E-state index is -0.341. The standard InChI is InChI=1S/C21H19FN6O2/c1-3-18-26-21(30-27-18)15-8-9-23-19(10-15)28-11-17(24-12-28)20(29)25-13(2)14-4-6-16(22)7-5-14/h4-13H,3H2,1-2H3,(H,25,29). The molecule has 0 bridgehead atoms. The first-order chi connectivity index (χ1) is 14.5. The summed E-state index contributed by atoms with van der Waals surface area (Å²) in [6, 6.07) is 9.24. The Balaban J connectivity index is 1.50. The van der Waals surface area contributed by atoms with Crippen LogP contribution in [0.5, 0.6) is 0 Å². The van der Waals surface area contributed by atoms with Crippen LogP contribution >= 0.6 is 0 Å². The number of benzene rings is 1. The molecule has 0 aliphatic heterocycles. The fourth-order valence-electron chi connectivity index (χ4n) is 2.88. The molecule has 30 heavy (non-hydrogen) atoms. The first-order valence-corrected chi connectivity index (χ1v) is 9.43. The van der Waals surface area contributed by atoms with E-state index in [4.69, 9.17) is 4.52 Å². The molecule has 1 N–H and O–H groups in total. The maximum atomic E-state index is 13.1. The number of hydrogen-bond acceptors (Lipinski definition) is 6. The van der Waals surface area contributed by atoms with Gasteiger partial charge in [-0.15, -0.1) is 0 Å². The first kappa shape index (κ1) is 19.4. The Bertz CT molecular complexity index is 1170. The van der Waals surface area contributed by atoms with E-state index in [-0.39, 0.29) is 23.5 Å². The molecular weight excluding hydrogens is 387 g/mol. The van der Waals surface area contributed by atoms with E-state index >= 15 is 0 Å². The first-order valence-electron chi connectivity index (χ1n) is 9.43. The molecule has 0 aliphatic rings. The molecule has 1 atom stereocenters. The van der Waals surface area contributed by atoms with E-state index in [1.165, 1.54) is 18.5 Å². The van der Waals surface area contributed by atoms with Gasteiger partial charge in [0.05, 0.1) is 6.04 Å². The summed E-state index contributed by atoms with van der Waals surface area (Å²) in [5, 5.41) is 6.75. The van der Waals surface area contributed by atoms with Gasteiger partial charge in [-0.25, -0.2) is 14.4 Å². The van der Waals surface area contributed by atoms with E-state index in [1.54, 1.807) is 41.2 Å². The predicted molar refractivity (Wildman–Crippen MR) is 106 cm³/mol. The molecule has 0 aliphatic carbocycles.